The fourth-order valence-electron chi connectivity index (χ4n) is 12.6. The first-order chi connectivity index (χ1) is 24.4. The van der Waals surface area contributed by atoms with Gasteiger partial charge in [-0.05, 0) is 105 Å². The van der Waals surface area contributed by atoms with Gasteiger partial charge in [-0.1, -0.05) is 87.7 Å². The van der Waals surface area contributed by atoms with E-state index in [2.05, 4.69) is 54.9 Å². The van der Waals surface area contributed by atoms with Crippen LogP contribution in [0.4, 0.5) is 4.79 Å². The third-order valence-corrected chi connectivity index (χ3v) is 16.5. The maximum atomic E-state index is 14.9. The van der Waals surface area contributed by atoms with Crippen molar-refractivity contribution >= 4 is 23.2 Å². The topological polar surface area (TPSA) is 89.9 Å². The molecule has 2 aromatic rings. The molecule has 7 aliphatic rings. The third kappa shape index (κ3) is 5.45. The number of carbonyl (C=O) groups excluding carboxylic acids is 2. The number of fused-ring (bicyclic) bond motifs is 1. The first-order valence-electron chi connectivity index (χ1n) is 20.0. The van der Waals surface area contributed by atoms with Gasteiger partial charge in [-0.2, -0.15) is 0 Å². The normalized spacial score (nSPS) is 39.0. The molecule has 2 amide bonds. The van der Waals surface area contributed by atoms with Crippen molar-refractivity contribution in [1.29, 1.82) is 0 Å². The van der Waals surface area contributed by atoms with Crippen LogP contribution in [0.2, 0.25) is 0 Å². The molecule has 3 N–H and O–H groups in total. The molecule has 51 heavy (non-hydrogen) atoms. The van der Waals surface area contributed by atoms with Crippen molar-refractivity contribution in [1.82, 2.24) is 10.2 Å². The summed E-state index contributed by atoms with van der Waals surface area (Å²) in [6.07, 6.45) is 18.7. The third-order valence-electron chi connectivity index (χ3n) is 15.5. The Kier molecular flexibility index (Phi) is 8.99. The van der Waals surface area contributed by atoms with Crippen molar-refractivity contribution in [2.75, 3.05) is 13.1 Å². The predicted octanol–water partition coefficient (Wildman–Crippen LogP) is 8.80. The van der Waals surface area contributed by atoms with Crippen LogP contribution in [0.25, 0.3) is 0 Å². The number of aliphatic hydroxyl groups is 2. The number of ketones is 1. The highest BCUT2D eigenvalue weighted by Gasteiger charge is 2.74. The minimum Gasteiger partial charge on any atom is -0.393 e. The molecule has 1 heterocycles. The Morgan fingerprint density at radius 1 is 0.922 bits per heavy atom. The molecule has 7 heteroatoms. The van der Waals surface area contributed by atoms with E-state index in [0.717, 1.165) is 75.3 Å². The maximum Gasteiger partial charge on any atom is 0.317 e. The van der Waals surface area contributed by atoms with E-state index in [0.29, 0.717) is 31.1 Å². The SMILES string of the molecule is CC(NC(=O)N(CCc1cccs1)CC1(O)CCC2C34C=CC5(C=C3C(=O)C3CCCCC3)CC(O)CCC5(C)C4CCC21C)c1ccccc1. The number of nitrogens with one attached hydrogen (secondary N) is 1. The molecule has 1 aromatic heterocycles. The Hall–Kier alpha value is -2.74. The van der Waals surface area contributed by atoms with E-state index in [1.54, 1.807) is 11.3 Å². The maximum absolute atomic E-state index is 14.9. The molecule has 6 nitrogen and oxygen atoms in total. The summed E-state index contributed by atoms with van der Waals surface area (Å²) < 4.78 is 0. The van der Waals surface area contributed by atoms with Crippen LogP contribution in [0.1, 0.15) is 114 Å². The van der Waals surface area contributed by atoms with E-state index < -0.39 is 16.4 Å². The minimum absolute atomic E-state index is 0.0421. The van der Waals surface area contributed by atoms with Crippen molar-refractivity contribution in [3.63, 3.8) is 0 Å². The Balaban J connectivity index is 1.14. The van der Waals surface area contributed by atoms with E-state index in [4.69, 9.17) is 0 Å². The second-order valence-corrected chi connectivity index (χ2v) is 18.9. The molecule has 9 atom stereocenters. The molecule has 0 aliphatic heterocycles. The lowest BCUT2D eigenvalue weighted by molar-refractivity contribution is -0.178. The van der Waals surface area contributed by atoms with Crippen LogP contribution in [0.5, 0.6) is 0 Å². The van der Waals surface area contributed by atoms with Crippen molar-refractivity contribution in [3.05, 3.63) is 82.1 Å². The van der Waals surface area contributed by atoms with E-state index in [1.807, 2.05) is 42.2 Å². The first-order valence-corrected chi connectivity index (χ1v) is 20.8. The summed E-state index contributed by atoms with van der Waals surface area (Å²) in [6, 6.07) is 13.9. The number of nitrogens with zero attached hydrogens (tertiary/aromatic N) is 1. The van der Waals surface area contributed by atoms with Crippen LogP contribution in [-0.2, 0) is 11.2 Å². The number of aliphatic hydroxyl groups excluding tert-OH is 1. The van der Waals surface area contributed by atoms with Gasteiger partial charge in [0.25, 0.3) is 0 Å². The highest BCUT2D eigenvalue weighted by Crippen LogP contribution is 2.78. The second kappa shape index (κ2) is 13.0. The van der Waals surface area contributed by atoms with E-state index in [9.17, 15) is 19.8 Å². The molecule has 2 spiro atoms. The zero-order valence-electron chi connectivity index (χ0n) is 30.9. The molecule has 4 fully saturated rings. The molecule has 274 valence electrons. The largest absolute Gasteiger partial charge is 0.393 e. The summed E-state index contributed by atoms with van der Waals surface area (Å²) >= 11 is 1.71. The van der Waals surface area contributed by atoms with Crippen LogP contribution in [0.3, 0.4) is 0 Å². The van der Waals surface area contributed by atoms with Crippen LogP contribution in [-0.4, -0.2) is 51.7 Å². The van der Waals surface area contributed by atoms with E-state index in [-0.39, 0.29) is 47.4 Å². The molecule has 7 aliphatic carbocycles. The summed E-state index contributed by atoms with van der Waals surface area (Å²) in [5, 5.41) is 29.5. The molecule has 1 aromatic carbocycles. The van der Waals surface area contributed by atoms with Gasteiger partial charge in [-0.25, -0.2) is 4.79 Å². The first kappa shape index (κ1) is 35.3. The fourth-order valence-corrected chi connectivity index (χ4v) is 13.3. The Morgan fingerprint density at radius 3 is 2.39 bits per heavy atom. The van der Waals surface area contributed by atoms with E-state index >= 15 is 0 Å². The summed E-state index contributed by atoms with van der Waals surface area (Å²) in [7, 11) is 0. The average molecular weight is 711 g/mol. The number of benzene rings is 1. The molecule has 4 saturated carbocycles. The molecule has 0 radical (unpaired) electrons. The number of urea groups is 1. The molecular formula is C44H58N2O4S. The lowest BCUT2D eigenvalue weighted by atomic mass is 9.32. The summed E-state index contributed by atoms with van der Waals surface area (Å²) in [4.78, 5) is 32.2. The monoisotopic (exact) mass is 710 g/mol. The number of allylic oxidation sites excluding steroid dienone is 4. The lowest BCUT2D eigenvalue weighted by Gasteiger charge is -2.71. The molecule has 2 bridgehead atoms. The number of amides is 2. The van der Waals surface area contributed by atoms with Crippen molar-refractivity contribution in [3.8, 4) is 0 Å². The zero-order chi connectivity index (χ0) is 35.6. The highest BCUT2D eigenvalue weighted by atomic mass is 32.1. The van der Waals surface area contributed by atoms with Gasteiger partial charge >= 0.3 is 6.03 Å². The number of hydrogen-bond acceptors (Lipinski definition) is 5. The summed E-state index contributed by atoms with van der Waals surface area (Å²) in [5.74, 6) is 0.800. The van der Waals surface area contributed by atoms with Crippen LogP contribution >= 0.6 is 11.3 Å². The average Bonchev–Trinajstić information content (AvgIpc) is 3.76. The molecular weight excluding hydrogens is 653 g/mol. The van der Waals surface area contributed by atoms with Gasteiger partial charge in [0.2, 0.25) is 0 Å². The number of thiophene rings is 1. The summed E-state index contributed by atoms with van der Waals surface area (Å²) in [6.45, 7) is 7.56. The fraction of sp³-hybridized carbons (Fsp3) is 0.636. The number of Topliss-reactive ketones (excluding diaryl/α,β-unsaturated/α-hetero) is 1. The smallest absolute Gasteiger partial charge is 0.317 e. The predicted molar refractivity (Wildman–Crippen MR) is 203 cm³/mol. The van der Waals surface area contributed by atoms with Crippen LogP contribution in [0.15, 0.2) is 71.6 Å². The van der Waals surface area contributed by atoms with Crippen molar-refractivity contribution in [2.45, 2.75) is 122 Å². The van der Waals surface area contributed by atoms with Gasteiger partial charge in [0, 0.05) is 39.2 Å². The number of rotatable bonds is 9. The van der Waals surface area contributed by atoms with Crippen molar-refractivity contribution in [2.24, 2.45) is 39.4 Å². The minimum atomic E-state index is -1.09. The molecule has 9 rings (SSSR count). The lowest BCUT2D eigenvalue weighted by Crippen LogP contribution is -2.67. The molecule has 9 unspecified atom stereocenters. The molecule has 0 saturated heterocycles. The standard InChI is InChI=1S/C44H58N2O4S/c1-30(31-11-6-4-7-12-31)45-39(49)46(25-19-34-15-10-26-51-34)29-43(50)22-18-37-41(43,3)21-17-36-40(2)20-16-33(47)27-42(40)23-24-44(36,37)35(28-42)38(48)32-13-8-5-9-14-32/h4,6-7,10-12,15,23-24,26,28,30,32-33,36-37,47,50H,5,8-9,13-14,16-22,25,27,29H2,1-3H3,(H,45,49). The zero-order valence-corrected chi connectivity index (χ0v) is 31.7. The van der Waals surface area contributed by atoms with Gasteiger partial charge < -0.3 is 20.4 Å². The van der Waals surface area contributed by atoms with Crippen LogP contribution < -0.4 is 5.32 Å². The quantitative estimate of drug-likeness (QED) is 0.227. The summed E-state index contributed by atoms with van der Waals surface area (Å²) in [5.41, 5.74) is -0.285. The van der Waals surface area contributed by atoms with Gasteiger partial charge in [-0.15, -0.1) is 11.3 Å². The number of hydrogen-bond donors (Lipinski definition) is 3. The van der Waals surface area contributed by atoms with E-state index in [1.165, 1.54) is 11.3 Å². The van der Waals surface area contributed by atoms with Gasteiger partial charge in [0.05, 0.1) is 24.3 Å². The van der Waals surface area contributed by atoms with Gasteiger partial charge in [0.15, 0.2) is 5.78 Å². The Morgan fingerprint density at radius 2 is 1.65 bits per heavy atom. The second-order valence-electron chi connectivity index (χ2n) is 17.8. The van der Waals surface area contributed by atoms with Crippen LogP contribution in [0, 0.1) is 39.4 Å². The number of carbonyl (C=O) groups is 2. The highest BCUT2D eigenvalue weighted by molar-refractivity contribution is 7.09. The van der Waals surface area contributed by atoms with Gasteiger partial charge in [-0.3, -0.25) is 4.79 Å². The Labute approximate surface area is 308 Å². The van der Waals surface area contributed by atoms with Crippen molar-refractivity contribution < 1.29 is 19.8 Å². The Bertz CT molecular complexity index is 1680. The van der Waals surface area contributed by atoms with Gasteiger partial charge in [0.1, 0.15) is 0 Å².